The molecule has 84 valence electrons. The lowest BCUT2D eigenvalue weighted by atomic mass is 10.2. The van der Waals surface area contributed by atoms with Gasteiger partial charge in [-0.3, -0.25) is 0 Å². The van der Waals surface area contributed by atoms with Gasteiger partial charge in [0.15, 0.2) is 0 Å². The van der Waals surface area contributed by atoms with E-state index in [2.05, 4.69) is 15.9 Å². The molecular weight excluding hydrogens is 283 g/mol. The summed E-state index contributed by atoms with van der Waals surface area (Å²) in [4.78, 5) is 0. The Morgan fingerprint density at radius 1 is 1.53 bits per heavy atom. The molecule has 2 N–H and O–H groups in total. The van der Waals surface area contributed by atoms with Gasteiger partial charge in [-0.25, -0.2) is 0 Å². The van der Waals surface area contributed by atoms with E-state index in [0.29, 0.717) is 10.8 Å². The summed E-state index contributed by atoms with van der Waals surface area (Å²) >= 11 is 9.37. The summed E-state index contributed by atoms with van der Waals surface area (Å²) in [7, 11) is 0. The number of ether oxygens (including phenoxy) is 1. The molecule has 0 aliphatic carbocycles. The van der Waals surface area contributed by atoms with Gasteiger partial charge in [0, 0.05) is 4.47 Å². The zero-order valence-corrected chi connectivity index (χ0v) is 10.5. The van der Waals surface area contributed by atoms with Crippen molar-refractivity contribution in [2.24, 2.45) is 0 Å². The molecule has 0 fully saturated rings. The summed E-state index contributed by atoms with van der Waals surface area (Å²) in [5.41, 5.74) is 0.882. The molecule has 0 heterocycles. The van der Waals surface area contributed by atoms with Gasteiger partial charge >= 0.3 is 0 Å². The first-order chi connectivity index (χ1) is 7.06. The lowest BCUT2D eigenvalue weighted by Crippen LogP contribution is -2.21. The summed E-state index contributed by atoms with van der Waals surface area (Å²) in [6.07, 6.45) is -0.884. The van der Waals surface area contributed by atoms with Crippen molar-refractivity contribution in [1.82, 2.24) is 0 Å². The normalized spacial score (nSPS) is 12.6. The van der Waals surface area contributed by atoms with Crippen molar-refractivity contribution in [3.05, 3.63) is 27.2 Å². The van der Waals surface area contributed by atoms with Crippen molar-refractivity contribution < 1.29 is 14.9 Å². The van der Waals surface area contributed by atoms with Crippen LogP contribution in [0.2, 0.25) is 5.02 Å². The highest BCUT2D eigenvalue weighted by Crippen LogP contribution is 2.32. The first kappa shape index (κ1) is 12.8. The maximum Gasteiger partial charge on any atom is 0.138 e. The van der Waals surface area contributed by atoms with Crippen LogP contribution in [0.1, 0.15) is 5.56 Å². The van der Waals surface area contributed by atoms with Crippen molar-refractivity contribution >= 4 is 27.5 Å². The number of aliphatic hydroxyl groups excluding tert-OH is 2. The van der Waals surface area contributed by atoms with Gasteiger partial charge < -0.3 is 14.9 Å². The number of halogens is 2. The van der Waals surface area contributed by atoms with Crippen molar-refractivity contribution in [3.8, 4) is 5.75 Å². The first-order valence-corrected chi connectivity index (χ1v) is 5.59. The van der Waals surface area contributed by atoms with E-state index in [9.17, 15) is 0 Å². The second-order valence-corrected chi connectivity index (χ2v) is 4.36. The van der Waals surface area contributed by atoms with Crippen LogP contribution in [0.4, 0.5) is 0 Å². The monoisotopic (exact) mass is 294 g/mol. The average molecular weight is 296 g/mol. The number of hydrogen-bond acceptors (Lipinski definition) is 3. The minimum absolute atomic E-state index is 0.0251. The van der Waals surface area contributed by atoms with Crippen LogP contribution >= 0.6 is 27.5 Å². The van der Waals surface area contributed by atoms with E-state index in [1.165, 1.54) is 0 Å². The predicted octanol–water partition coefficient (Wildman–Crippen LogP) is 2.14. The molecule has 0 aliphatic rings. The first-order valence-electron chi connectivity index (χ1n) is 4.42. The maximum atomic E-state index is 9.11. The van der Waals surface area contributed by atoms with E-state index < -0.39 is 6.10 Å². The Bertz CT molecular complexity index is 344. The zero-order chi connectivity index (χ0) is 11.4. The summed E-state index contributed by atoms with van der Waals surface area (Å²) in [5, 5.41) is 18.2. The molecule has 0 amide bonds. The van der Waals surface area contributed by atoms with Crippen molar-refractivity contribution in [2.75, 3.05) is 13.2 Å². The molecule has 0 saturated carbocycles. The third kappa shape index (κ3) is 3.34. The van der Waals surface area contributed by atoms with E-state index in [-0.39, 0.29) is 13.2 Å². The second kappa shape index (κ2) is 5.70. The molecule has 15 heavy (non-hydrogen) atoms. The average Bonchev–Trinajstić information content (AvgIpc) is 2.24. The van der Waals surface area contributed by atoms with E-state index >= 15 is 0 Å². The Morgan fingerprint density at radius 2 is 2.20 bits per heavy atom. The topological polar surface area (TPSA) is 49.7 Å². The van der Waals surface area contributed by atoms with Gasteiger partial charge in [-0.05, 0) is 24.6 Å². The van der Waals surface area contributed by atoms with Crippen LogP contribution in [0.5, 0.6) is 5.75 Å². The highest BCUT2D eigenvalue weighted by atomic mass is 79.9. The quantitative estimate of drug-likeness (QED) is 0.895. The van der Waals surface area contributed by atoms with Crippen LogP contribution in [0, 0.1) is 6.92 Å². The number of benzene rings is 1. The molecule has 0 radical (unpaired) electrons. The highest BCUT2D eigenvalue weighted by molar-refractivity contribution is 9.10. The van der Waals surface area contributed by atoms with Crippen LogP contribution in [-0.4, -0.2) is 29.5 Å². The molecule has 1 unspecified atom stereocenters. The number of hydrogen-bond donors (Lipinski definition) is 2. The molecule has 0 bridgehead atoms. The molecule has 1 rings (SSSR count). The van der Waals surface area contributed by atoms with Gasteiger partial charge in [-0.2, -0.15) is 0 Å². The van der Waals surface area contributed by atoms with Gasteiger partial charge in [0.25, 0.3) is 0 Å². The smallest absolute Gasteiger partial charge is 0.138 e. The fraction of sp³-hybridized carbons (Fsp3) is 0.400. The standard InChI is InChI=1S/C10H12BrClO3/c1-6-8(11)2-3-9(10(6)12)15-5-7(14)4-13/h2-3,7,13-14H,4-5H2,1H3. The Hall–Kier alpha value is -0.290. The molecular formula is C10H12BrClO3. The molecule has 0 saturated heterocycles. The van der Waals surface area contributed by atoms with Crippen molar-refractivity contribution in [1.29, 1.82) is 0 Å². The Morgan fingerprint density at radius 3 is 2.80 bits per heavy atom. The summed E-state index contributed by atoms with van der Waals surface area (Å²) in [5.74, 6) is 0.505. The molecule has 1 aromatic rings. The van der Waals surface area contributed by atoms with Gasteiger partial charge in [-0.15, -0.1) is 0 Å². The largest absolute Gasteiger partial charge is 0.489 e. The highest BCUT2D eigenvalue weighted by Gasteiger charge is 2.09. The van der Waals surface area contributed by atoms with Gasteiger partial charge in [-0.1, -0.05) is 27.5 Å². The van der Waals surface area contributed by atoms with E-state index in [1.54, 1.807) is 6.07 Å². The fourth-order valence-electron chi connectivity index (χ4n) is 0.987. The van der Waals surface area contributed by atoms with E-state index in [0.717, 1.165) is 10.0 Å². The van der Waals surface area contributed by atoms with E-state index in [4.69, 9.17) is 26.6 Å². The summed E-state index contributed by atoms with van der Waals surface area (Å²) in [6.45, 7) is 1.56. The molecule has 0 aliphatic heterocycles. The third-order valence-corrected chi connectivity index (χ3v) is 3.26. The minimum atomic E-state index is -0.884. The molecule has 3 nitrogen and oxygen atoms in total. The number of rotatable bonds is 4. The van der Waals surface area contributed by atoms with Crippen LogP contribution in [0.25, 0.3) is 0 Å². The molecule has 1 atom stereocenters. The van der Waals surface area contributed by atoms with Crippen molar-refractivity contribution in [3.63, 3.8) is 0 Å². The summed E-state index contributed by atoms with van der Waals surface area (Å²) < 4.78 is 6.17. The Kier molecular flexibility index (Phi) is 4.86. The Labute approximate surface area is 102 Å². The fourth-order valence-corrected chi connectivity index (χ4v) is 1.65. The van der Waals surface area contributed by atoms with Gasteiger partial charge in [0.05, 0.1) is 11.6 Å². The van der Waals surface area contributed by atoms with Crippen LogP contribution in [0.3, 0.4) is 0 Å². The van der Waals surface area contributed by atoms with Crippen LogP contribution in [0.15, 0.2) is 16.6 Å². The SMILES string of the molecule is Cc1c(Br)ccc(OCC(O)CO)c1Cl. The number of aliphatic hydroxyl groups is 2. The van der Waals surface area contributed by atoms with E-state index in [1.807, 2.05) is 13.0 Å². The Balaban J connectivity index is 2.74. The van der Waals surface area contributed by atoms with Gasteiger partial charge in [0.1, 0.15) is 18.5 Å². The molecule has 5 heteroatoms. The molecule has 1 aromatic carbocycles. The lowest BCUT2D eigenvalue weighted by molar-refractivity contribution is 0.0536. The second-order valence-electron chi connectivity index (χ2n) is 3.13. The minimum Gasteiger partial charge on any atom is -0.489 e. The lowest BCUT2D eigenvalue weighted by Gasteiger charge is -2.12. The summed E-state index contributed by atoms with van der Waals surface area (Å²) in [6, 6.07) is 3.53. The van der Waals surface area contributed by atoms with Crippen LogP contribution < -0.4 is 4.74 Å². The van der Waals surface area contributed by atoms with Gasteiger partial charge in [0.2, 0.25) is 0 Å². The van der Waals surface area contributed by atoms with Crippen molar-refractivity contribution in [2.45, 2.75) is 13.0 Å². The maximum absolute atomic E-state index is 9.11. The zero-order valence-electron chi connectivity index (χ0n) is 8.20. The van der Waals surface area contributed by atoms with Crippen LogP contribution in [-0.2, 0) is 0 Å². The predicted molar refractivity (Wildman–Crippen MR) is 62.5 cm³/mol. The molecule has 0 aromatic heterocycles. The third-order valence-electron chi connectivity index (χ3n) is 1.93. The molecule has 0 spiro atoms.